The topological polar surface area (TPSA) is 76.3 Å². The van der Waals surface area contributed by atoms with E-state index in [1.165, 1.54) is 12.3 Å². The largest absolute Gasteiger partial charge is 0.264 e. The van der Waals surface area contributed by atoms with Crippen molar-refractivity contribution in [3.63, 3.8) is 0 Å². The molecule has 0 spiro atoms. The van der Waals surface area contributed by atoms with E-state index in [1.807, 2.05) is 12.1 Å². The lowest BCUT2D eigenvalue weighted by atomic mass is 10.1. The molecule has 1 aromatic carbocycles. The molecule has 1 fully saturated rings. The number of nitrogens with zero attached hydrogens (tertiary/aromatic N) is 3. The standard InChI is InChI=1S/C20H16N4O2S/c1-21-16-9-7-14(8-10-16)18-12-11-17(13-22-18)27(25,26)24-20-4-2-3-19(23-20)15-5-6-15/h2-4,7-13,15H,5-6H2,(H,23,24). The molecule has 1 saturated carbocycles. The second kappa shape index (κ2) is 6.82. The van der Waals surface area contributed by atoms with Crippen LogP contribution in [0.15, 0.2) is 65.7 Å². The molecule has 27 heavy (non-hydrogen) atoms. The highest BCUT2D eigenvalue weighted by atomic mass is 32.2. The number of hydrogen-bond donors (Lipinski definition) is 1. The lowest BCUT2D eigenvalue weighted by molar-refractivity contribution is 0.600. The molecular weight excluding hydrogens is 360 g/mol. The summed E-state index contributed by atoms with van der Waals surface area (Å²) in [6.07, 6.45) is 3.53. The van der Waals surface area contributed by atoms with E-state index < -0.39 is 10.0 Å². The lowest BCUT2D eigenvalue weighted by Crippen LogP contribution is -2.14. The Morgan fingerprint density at radius 1 is 1.04 bits per heavy atom. The third-order valence-corrected chi connectivity index (χ3v) is 5.68. The van der Waals surface area contributed by atoms with Crippen molar-refractivity contribution in [2.75, 3.05) is 4.72 Å². The van der Waals surface area contributed by atoms with Gasteiger partial charge in [0.15, 0.2) is 5.69 Å². The Labute approximate surface area is 157 Å². The summed E-state index contributed by atoms with van der Waals surface area (Å²) in [4.78, 5) is 12.1. The first-order valence-electron chi connectivity index (χ1n) is 8.49. The van der Waals surface area contributed by atoms with Gasteiger partial charge in [-0.25, -0.2) is 18.2 Å². The van der Waals surface area contributed by atoms with Gasteiger partial charge in [-0.05, 0) is 42.7 Å². The number of aromatic nitrogens is 2. The van der Waals surface area contributed by atoms with Crippen molar-refractivity contribution in [1.29, 1.82) is 0 Å². The lowest BCUT2D eigenvalue weighted by Gasteiger charge is -2.09. The van der Waals surface area contributed by atoms with Crippen molar-refractivity contribution < 1.29 is 8.42 Å². The summed E-state index contributed by atoms with van der Waals surface area (Å²) in [6, 6.07) is 15.5. The number of pyridine rings is 2. The van der Waals surface area contributed by atoms with E-state index in [0.717, 1.165) is 24.1 Å². The molecule has 0 radical (unpaired) electrons. The Morgan fingerprint density at radius 2 is 1.81 bits per heavy atom. The molecule has 0 aliphatic heterocycles. The molecule has 1 aliphatic rings. The first kappa shape index (κ1) is 17.2. The van der Waals surface area contributed by atoms with E-state index >= 15 is 0 Å². The zero-order valence-electron chi connectivity index (χ0n) is 14.3. The predicted octanol–water partition coefficient (Wildman–Crippen LogP) is 4.37. The molecule has 0 unspecified atom stereocenters. The molecule has 0 amide bonds. The van der Waals surface area contributed by atoms with Crippen molar-refractivity contribution in [3.05, 3.63) is 77.9 Å². The number of benzene rings is 1. The van der Waals surface area contributed by atoms with Crippen molar-refractivity contribution in [2.24, 2.45) is 0 Å². The minimum Gasteiger partial charge on any atom is -0.263 e. The van der Waals surface area contributed by atoms with Gasteiger partial charge < -0.3 is 0 Å². The van der Waals surface area contributed by atoms with E-state index in [-0.39, 0.29) is 4.90 Å². The van der Waals surface area contributed by atoms with Crippen LogP contribution < -0.4 is 4.72 Å². The molecule has 3 aromatic rings. The summed E-state index contributed by atoms with van der Waals surface area (Å²) in [7, 11) is -3.76. The first-order valence-corrected chi connectivity index (χ1v) is 9.97. The number of anilines is 1. The maximum Gasteiger partial charge on any atom is 0.264 e. The van der Waals surface area contributed by atoms with Crippen molar-refractivity contribution >= 4 is 21.5 Å². The van der Waals surface area contributed by atoms with Gasteiger partial charge in [0.25, 0.3) is 10.0 Å². The van der Waals surface area contributed by atoms with Crippen LogP contribution in [0, 0.1) is 6.57 Å². The fourth-order valence-electron chi connectivity index (χ4n) is 2.73. The van der Waals surface area contributed by atoms with E-state index in [1.54, 1.807) is 36.4 Å². The van der Waals surface area contributed by atoms with Crippen molar-refractivity contribution in [3.8, 4) is 11.3 Å². The number of nitrogens with one attached hydrogen (secondary N) is 1. The Hall–Kier alpha value is -3.24. The van der Waals surface area contributed by atoms with Gasteiger partial charge in [0.1, 0.15) is 10.7 Å². The zero-order valence-corrected chi connectivity index (χ0v) is 15.1. The fraction of sp³-hybridized carbons (Fsp3) is 0.150. The average molecular weight is 376 g/mol. The van der Waals surface area contributed by atoms with Crippen molar-refractivity contribution in [2.45, 2.75) is 23.7 Å². The molecular formula is C20H16N4O2S. The van der Waals surface area contributed by atoms with E-state index in [0.29, 0.717) is 23.1 Å². The van der Waals surface area contributed by atoms with E-state index in [2.05, 4.69) is 19.5 Å². The van der Waals surface area contributed by atoms with Crippen LogP contribution in [-0.4, -0.2) is 18.4 Å². The van der Waals surface area contributed by atoms with Gasteiger partial charge >= 0.3 is 0 Å². The highest BCUT2D eigenvalue weighted by Crippen LogP contribution is 2.39. The SMILES string of the molecule is [C-]#[N+]c1ccc(-c2ccc(S(=O)(=O)Nc3cccc(C4CC4)n3)cn2)cc1. The maximum atomic E-state index is 12.6. The van der Waals surface area contributed by atoms with Crippen LogP contribution in [0.2, 0.25) is 0 Å². The summed E-state index contributed by atoms with van der Waals surface area (Å²) in [5.41, 5.74) is 2.92. The molecule has 2 aromatic heterocycles. The van der Waals surface area contributed by atoms with E-state index in [9.17, 15) is 8.42 Å². The quantitative estimate of drug-likeness (QED) is 0.671. The third-order valence-electron chi connectivity index (χ3n) is 4.34. The molecule has 7 heteroatoms. The van der Waals surface area contributed by atoms with Crippen LogP contribution in [0.3, 0.4) is 0 Å². The second-order valence-electron chi connectivity index (χ2n) is 6.37. The monoisotopic (exact) mass is 376 g/mol. The van der Waals surface area contributed by atoms with Crippen LogP contribution in [0.25, 0.3) is 16.1 Å². The normalized spacial score (nSPS) is 13.7. The Bertz CT molecular complexity index is 1110. The molecule has 1 aliphatic carbocycles. The van der Waals surface area contributed by atoms with Gasteiger partial charge in [-0.1, -0.05) is 30.3 Å². The zero-order chi connectivity index (χ0) is 18.9. The molecule has 6 nitrogen and oxygen atoms in total. The van der Waals surface area contributed by atoms with Gasteiger partial charge in [0.2, 0.25) is 0 Å². The number of hydrogen-bond acceptors (Lipinski definition) is 4. The molecule has 2 heterocycles. The first-order chi connectivity index (χ1) is 13.0. The third kappa shape index (κ3) is 3.81. The average Bonchev–Trinajstić information content (AvgIpc) is 3.53. The van der Waals surface area contributed by atoms with Crippen LogP contribution >= 0.6 is 0 Å². The molecule has 4 rings (SSSR count). The van der Waals surface area contributed by atoms with E-state index in [4.69, 9.17) is 6.57 Å². The summed E-state index contributed by atoms with van der Waals surface area (Å²) in [6.45, 7) is 6.98. The van der Waals surface area contributed by atoms with Gasteiger partial charge in [-0.2, -0.15) is 0 Å². The molecule has 134 valence electrons. The molecule has 0 saturated heterocycles. The van der Waals surface area contributed by atoms with Gasteiger partial charge in [-0.3, -0.25) is 9.71 Å². The van der Waals surface area contributed by atoms with Gasteiger partial charge in [0, 0.05) is 17.8 Å². The van der Waals surface area contributed by atoms with Crippen LogP contribution in [0.5, 0.6) is 0 Å². The highest BCUT2D eigenvalue weighted by molar-refractivity contribution is 7.92. The predicted molar refractivity (Wildman–Crippen MR) is 103 cm³/mol. The van der Waals surface area contributed by atoms with Gasteiger partial charge in [0.05, 0.1) is 12.3 Å². The fourth-order valence-corrected chi connectivity index (χ4v) is 3.67. The minimum absolute atomic E-state index is 0.0719. The maximum absolute atomic E-state index is 12.6. The summed E-state index contributed by atoms with van der Waals surface area (Å²) in [5, 5.41) is 0. The minimum atomic E-state index is -3.76. The summed E-state index contributed by atoms with van der Waals surface area (Å²) >= 11 is 0. The van der Waals surface area contributed by atoms with Crippen LogP contribution in [0.1, 0.15) is 24.5 Å². The van der Waals surface area contributed by atoms with Gasteiger partial charge in [-0.15, -0.1) is 0 Å². The number of rotatable bonds is 5. The molecule has 1 N–H and O–H groups in total. The Morgan fingerprint density at radius 3 is 2.44 bits per heavy atom. The summed E-state index contributed by atoms with van der Waals surface area (Å²) in [5.74, 6) is 0.767. The Kier molecular flexibility index (Phi) is 4.34. The van der Waals surface area contributed by atoms with Crippen LogP contribution in [-0.2, 0) is 10.0 Å². The van der Waals surface area contributed by atoms with Crippen molar-refractivity contribution in [1.82, 2.24) is 9.97 Å². The number of sulfonamides is 1. The Balaban J connectivity index is 1.55. The van der Waals surface area contributed by atoms with Crippen LogP contribution in [0.4, 0.5) is 11.5 Å². The highest BCUT2D eigenvalue weighted by Gasteiger charge is 2.25. The summed E-state index contributed by atoms with van der Waals surface area (Å²) < 4.78 is 27.7. The molecule has 0 bridgehead atoms. The molecule has 0 atom stereocenters. The second-order valence-corrected chi connectivity index (χ2v) is 8.05. The smallest absolute Gasteiger partial charge is 0.263 e.